The Labute approximate surface area is 198 Å². The predicted octanol–water partition coefficient (Wildman–Crippen LogP) is 2.70. The Morgan fingerprint density at radius 2 is 1.91 bits per heavy atom. The van der Waals surface area contributed by atoms with Crippen molar-refractivity contribution in [3.05, 3.63) is 36.4 Å². The zero-order chi connectivity index (χ0) is 23.6. The SMILES string of the molecule is COc1cccc(-c2ccc(S(=O)(=O)NC3CCN(C(C)C(=O)N4CCCCC4)C3=O)s2)c1. The van der Waals surface area contributed by atoms with Gasteiger partial charge in [-0.3, -0.25) is 9.59 Å². The maximum Gasteiger partial charge on any atom is 0.250 e. The molecule has 33 heavy (non-hydrogen) atoms. The van der Waals surface area contributed by atoms with E-state index in [0.29, 0.717) is 18.7 Å². The van der Waals surface area contributed by atoms with Gasteiger partial charge in [0, 0.05) is 24.5 Å². The third-order valence-electron chi connectivity index (χ3n) is 6.23. The molecule has 8 nitrogen and oxygen atoms in total. The second-order valence-electron chi connectivity index (χ2n) is 8.41. The first-order valence-electron chi connectivity index (χ1n) is 11.2. The van der Waals surface area contributed by atoms with Gasteiger partial charge in [0.15, 0.2) is 0 Å². The van der Waals surface area contributed by atoms with Crippen molar-refractivity contribution in [1.29, 1.82) is 0 Å². The molecule has 2 aromatic rings. The minimum Gasteiger partial charge on any atom is -0.497 e. The van der Waals surface area contributed by atoms with Crippen LogP contribution in [0.2, 0.25) is 0 Å². The molecule has 2 amide bonds. The Kier molecular flexibility index (Phi) is 7.06. The summed E-state index contributed by atoms with van der Waals surface area (Å²) in [5, 5.41) is 0. The molecule has 3 heterocycles. The number of nitrogens with zero attached hydrogens (tertiary/aromatic N) is 2. The van der Waals surface area contributed by atoms with Gasteiger partial charge in [0.05, 0.1) is 7.11 Å². The highest BCUT2D eigenvalue weighted by molar-refractivity contribution is 7.91. The van der Waals surface area contributed by atoms with Crippen LogP contribution in [-0.4, -0.2) is 68.9 Å². The van der Waals surface area contributed by atoms with Gasteiger partial charge in [-0.1, -0.05) is 12.1 Å². The van der Waals surface area contributed by atoms with E-state index in [9.17, 15) is 18.0 Å². The van der Waals surface area contributed by atoms with Gasteiger partial charge in [-0.05, 0) is 62.4 Å². The summed E-state index contributed by atoms with van der Waals surface area (Å²) in [6, 6.07) is 9.23. The van der Waals surface area contributed by atoms with E-state index in [1.54, 1.807) is 26.2 Å². The van der Waals surface area contributed by atoms with Crippen molar-refractivity contribution in [3.63, 3.8) is 0 Å². The smallest absolute Gasteiger partial charge is 0.250 e. The minimum atomic E-state index is -3.87. The Morgan fingerprint density at radius 1 is 1.15 bits per heavy atom. The summed E-state index contributed by atoms with van der Waals surface area (Å²) < 4.78 is 33.9. The summed E-state index contributed by atoms with van der Waals surface area (Å²) in [7, 11) is -2.30. The molecule has 1 N–H and O–H groups in total. The van der Waals surface area contributed by atoms with E-state index in [0.717, 1.165) is 54.1 Å². The van der Waals surface area contributed by atoms with Gasteiger partial charge in [-0.15, -0.1) is 11.3 Å². The van der Waals surface area contributed by atoms with E-state index in [1.165, 1.54) is 4.90 Å². The maximum atomic E-state index is 13.0. The van der Waals surface area contributed by atoms with E-state index >= 15 is 0 Å². The van der Waals surface area contributed by atoms with Crippen LogP contribution >= 0.6 is 11.3 Å². The molecule has 2 aliphatic heterocycles. The van der Waals surface area contributed by atoms with Crippen molar-refractivity contribution in [2.45, 2.75) is 48.9 Å². The van der Waals surface area contributed by atoms with Crippen LogP contribution in [0.25, 0.3) is 10.4 Å². The topological polar surface area (TPSA) is 96.0 Å². The van der Waals surface area contributed by atoms with Crippen molar-refractivity contribution >= 4 is 33.2 Å². The second kappa shape index (κ2) is 9.82. The zero-order valence-corrected chi connectivity index (χ0v) is 20.5. The number of amides is 2. The van der Waals surface area contributed by atoms with Gasteiger partial charge in [0.1, 0.15) is 22.0 Å². The number of nitrogens with one attached hydrogen (secondary N) is 1. The molecule has 0 spiro atoms. The molecule has 0 saturated carbocycles. The average molecular weight is 492 g/mol. The van der Waals surface area contributed by atoms with Crippen LogP contribution in [0.15, 0.2) is 40.6 Å². The molecule has 2 saturated heterocycles. The van der Waals surface area contributed by atoms with Gasteiger partial charge >= 0.3 is 0 Å². The molecule has 4 rings (SSSR count). The molecule has 2 atom stereocenters. The molecule has 2 unspecified atom stereocenters. The van der Waals surface area contributed by atoms with Gasteiger partial charge < -0.3 is 14.5 Å². The van der Waals surface area contributed by atoms with Crippen molar-refractivity contribution in [2.75, 3.05) is 26.7 Å². The molecular formula is C23H29N3O5S2. The number of rotatable bonds is 7. The number of hydrogen-bond donors (Lipinski definition) is 1. The van der Waals surface area contributed by atoms with Crippen LogP contribution in [0.1, 0.15) is 32.6 Å². The second-order valence-corrected chi connectivity index (χ2v) is 11.4. The molecule has 1 aromatic heterocycles. The number of thiophene rings is 1. The maximum absolute atomic E-state index is 13.0. The number of carbonyl (C=O) groups excluding carboxylic acids is 2. The number of carbonyl (C=O) groups is 2. The Hall–Kier alpha value is -2.43. The quantitative estimate of drug-likeness (QED) is 0.643. The summed E-state index contributed by atoms with van der Waals surface area (Å²) in [5.41, 5.74) is 0.856. The Bertz CT molecular complexity index is 1120. The summed E-state index contributed by atoms with van der Waals surface area (Å²) in [6.45, 7) is 3.52. The first-order chi connectivity index (χ1) is 15.8. The van der Waals surface area contributed by atoms with Crippen LogP contribution < -0.4 is 9.46 Å². The van der Waals surface area contributed by atoms with E-state index in [-0.39, 0.29) is 16.0 Å². The Balaban J connectivity index is 1.43. The van der Waals surface area contributed by atoms with Crippen molar-refractivity contribution < 1.29 is 22.7 Å². The molecule has 0 aliphatic carbocycles. The van der Waals surface area contributed by atoms with Crippen LogP contribution in [0.4, 0.5) is 0 Å². The lowest BCUT2D eigenvalue weighted by atomic mass is 10.1. The highest BCUT2D eigenvalue weighted by Gasteiger charge is 2.40. The highest BCUT2D eigenvalue weighted by Crippen LogP contribution is 2.33. The third kappa shape index (κ3) is 5.07. The predicted molar refractivity (Wildman–Crippen MR) is 127 cm³/mol. The fraction of sp³-hybridized carbons (Fsp3) is 0.478. The zero-order valence-electron chi connectivity index (χ0n) is 18.8. The summed E-state index contributed by atoms with van der Waals surface area (Å²) in [6.07, 6.45) is 3.41. The molecular weight excluding hydrogens is 462 g/mol. The number of piperidine rings is 1. The monoisotopic (exact) mass is 491 g/mol. The van der Waals surface area contributed by atoms with Crippen molar-refractivity contribution in [3.8, 4) is 16.2 Å². The van der Waals surface area contributed by atoms with E-state index in [1.807, 2.05) is 29.2 Å². The van der Waals surface area contributed by atoms with Gasteiger partial charge in [-0.2, -0.15) is 4.72 Å². The van der Waals surface area contributed by atoms with Gasteiger partial charge in [0.25, 0.3) is 10.0 Å². The van der Waals surface area contributed by atoms with E-state index in [4.69, 9.17) is 4.74 Å². The summed E-state index contributed by atoms with van der Waals surface area (Å²) in [5.74, 6) is 0.280. The minimum absolute atomic E-state index is 0.0623. The van der Waals surface area contributed by atoms with Crippen LogP contribution in [0.3, 0.4) is 0 Å². The summed E-state index contributed by atoms with van der Waals surface area (Å²) >= 11 is 1.14. The fourth-order valence-electron chi connectivity index (χ4n) is 4.35. The van der Waals surface area contributed by atoms with Gasteiger partial charge in [-0.25, -0.2) is 8.42 Å². The highest BCUT2D eigenvalue weighted by atomic mass is 32.2. The number of hydrogen-bond acceptors (Lipinski definition) is 6. The average Bonchev–Trinajstić information content (AvgIpc) is 3.47. The van der Waals surface area contributed by atoms with Crippen LogP contribution in [-0.2, 0) is 19.6 Å². The molecule has 2 fully saturated rings. The van der Waals surface area contributed by atoms with Crippen molar-refractivity contribution in [2.24, 2.45) is 0 Å². The van der Waals surface area contributed by atoms with E-state index in [2.05, 4.69) is 4.72 Å². The molecule has 0 radical (unpaired) electrons. The Morgan fingerprint density at radius 3 is 2.64 bits per heavy atom. The first kappa shape index (κ1) is 23.7. The van der Waals surface area contributed by atoms with E-state index < -0.39 is 22.1 Å². The number of likely N-dealkylation sites (tertiary alicyclic amines) is 2. The number of methoxy groups -OCH3 is 1. The number of sulfonamides is 1. The molecule has 1 aromatic carbocycles. The number of ether oxygens (including phenoxy) is 1. The molecule has 0 bridgehead atoms. The van der Waals surface area contributed by atoms with Gasteiger partial charge in [0.2, 0.25) is 11.8 Å². The lowest BCUT2D eigenvalue weighted by Gasteiger charge is -2.32. The van der Waals surface area contributed by atoms with Crippen molar-refractivity contribution in [1.82, 2.24) is 14.5 Å². The lowest BCUT2D eigenvalue weighted by molar-refractivity contribution is -0.143. The van der Waals surface area contributed by atoms with Crippen LogP contribution in [0.5, 0.6) is 5.75 Å². The fourth-order valence-corrected chi connectivity index (χ4v) is 6.89. The van der Waals surface area contributed by atoms with Crippen LogP contribution in [0, 0.1) is 0 Å². The third-order valence-corrected chi connectivity index (χ3v) is 9.33. The molecule has 178 valence electrons. The normalized spacial score (nSPS) is 20.2. The summed E-state index contributed by atoms with van der Waals surface area (Å²) in [4.78, 5) is 29.9. The first-order valence-corrected chi connectivity index (χ1v) is 13.5. The number of benzene rings is 1. The molecule has 10 heteroatoms. The standard InChI is InChI=1S/C23H29N3O5S2/c1-16(22(27)25-12-4-3-5-13-25)26-14-11-19(23(26)28)24-33(29,30)21-10-9-20(32-21)17-7-6-8-18(15-17)31-2/h6-10,15-16,19,24H,3-5,11-14H2,1-2H3. The molecule has 2 aliphatic rings. The largest absolute Gasteiger partial charge is 0.497 e. The lowest BCUT2D eigenvalue weighted by Crippen LogP contribution is -2.51.